The lowest BCUT2D eigenvalue weighted by molar-refractivity contribution is 1.29. The van der Waals surface area contributed by atoms with Gasteiger partial charge in [-0.25, -0.2) is 15.0 Å². The van der Waals surface area contributed by atoms with E-state index in [1.807, 2.05) is 91.0 Å². The minimum absolute atomic E-state index is 0.347. The lowest BCUT2D eigenvalue weighted by Gasteiger charge is -2.26. The third kappa shape index (κ3) is 5.71. The SMILES string of the molecule is [2H]c1c(-c2cccc3cc4ccccc4nc23)ccc2c([2H])c(N(c3ccc(-c4nc5ccccc5s4)cc3)c3ccc(-c4nc5ccccc5s4)cc3)ccc12. The number of aromatic nitrogens is 3. The summed E-state index contributed by atoms with van der Waals surface area (Å²) in [5.41, 5.74) is 10.1. The zero-order chi connectivity index (χ0) is 38.0. The van der Waals surface area contributed by atoms with Crippen LogP contribution in [0.3, 0.4) is 0 Å². The molecule has 0 bridgehead atoms. The van der Waals surface area contributed by atoms with E-state index in [4.69, 9.17) is 15.0 Å². The molecule has 3 heterocycles. The van der Waals surface area contributed by atoms with Crippen molar-refractivity contribution in [2.45, 2.75) is 0 Å². The predicted octanol–water partition coefficient (Wildman–Crippen LogP) is 14.2. The van der Waals surface area contributed by atoms with Gasteiger partial charge in [-0.3, -0.25) is 0 Å². The van der Waals surface area contributed by atoms with Crippen molar-refractivity contribution in [1.29, 1.82) is 0 Å². The maximum absolute atomic E-state index is 9.69. The molecule has 0 N–H and O–H groups in total. The molecule has 258 valence electrons. The fraction of sp³-hybridized carbons (Fsp3) is 0. The highest BCUT2D eigenvalue weighted by molar-refractivity contribution is 7.22. The summed E-state index contributed by atoms with van der Waals surface area (Å²) in [6.45, 7) is 0. The van der Waals surface area contributed by atoms with Crippen LogP contribution in [0.5, 0.6) is 0 Å². The van der Waals surface area contributed by atoms with Crippen LogP contribution in [0.1, 0.15) is 2.74 Å². The lowest BCUT2D eigenvalue weighted by Crippen LogP contribution is -2.09. The first-order valence-electron chi connectivity index (χ1n) is 19.1. The molecule has 6 heteroatoms. The van der Waals surface area contributed by atoms with Gasteiger partial charge in [0, 0.05) is 44.5 Å². The van der Waals surface area contributed by atoms with Gasteiger partial charge in [-0.1, -0.05) is 78.9 Å². The number of para-hydroxylation sites is 4. The van der Waals surface area contributed by atoms with E-state index in [0.717, 1.165) is 91.3 Å². The Balaban J connectivity index is 1.02. The zero-order valence-electron chi connectivity index (χ0n) is 31.3. The molecule has 4 nitrogen and oxygen atoms in total. The Bertz CT molecular complexity index is 3150. The van der Waals surface area contributed by atoms with Gasteiger partial charge in [-0.05, 0) is 119 Å². The normalized spacial score (nSPS) is 12.1. The number of hydrogen-bond donors (Lipinski definition) is 0. The number of nitrogens with zero attached hydrogens (tertiary/aromatic N) is 4. The Morgan fingerprint density at radius 1 is 0.400 bits per heavy atom. The first-order chi connectivity index (χ1) is 28.1. The Labute approximate surface area is 328 Å². The molecule has 0 aliphatic carbocycles. The van der Waals surface area contributed by atoms with E-state index in [0.29, 0.717) is 23.2 Å². The van der Waals surface area contributed by atoms with Crippen LogP contribution in [-0.4, -0.2) is 15.0 Å². The van der Waals surface area contributed by atoms with Crippen LogP contribution in [0.15, 0.2) is 182 Å². The predicted molar refractivity (Wildman–Crippen MR) is 234 cm³/mol. The molecule has 11 aromatic rings. The highest BCUT2D eigenvalue weighted by Crippen LogP contribution is 2.40. The minimum atomic E-state index is 0.347. The summed E-state index contributed by atoms with van der Waals surface area (Å²) in [4.78, 5) is 16.9. The van der Waals surface area contributed by atoms with E-state index in [1.165, 1.54) is 0 Å². The summed E-state index contributed by atoms with van der Waals surface area (Å²) in [7, 11) is 0. The van der Waals surface area contributed by atoms with Crippen LogP contribution in [0.4, 0.5) is 17.1 Å². The number of benzene rings is 8. The van der Waals surface area contributed by atoms with Gasteiger partial charge < -0.3 is 4.90 Å². The summed E-state index contributed by atoms with van der Waals surface area (Å²) in [6, 6.07) is 58.3. The molecular weight excluding hydrogens is 709 g/mol. The van der Waals surface area contributed by atoms with Crippen molar-refractivity contribution >= 4 is 92.7 Å². The van der Waals surface area contributed by atoms with E-state index >= 15 is 0 Å². The molecule has 3 aromatic heterocycles. The average molecular weight is 741 g/mol. The summed E-state index contributed by atoms with van der Waals surface area (Å²) in [6.07, 6.45) is 0. The van der Waals surface area contributed by atoms with Crippen molar-refractivity contribution in [3.8, 4) is 32.3 Å². The molecule has 0 aliphatic rings. The molecule has 0 saturated heterocycles. The Hall–Kier alpha value is -6.73. The van der Waals surface area contributed by atoms with Crippen LogP contribution < -0.4 is 4.90 Å². The topological polar surface area (TPSA) is 41.9 Å². The zero-order valence-corrected chi connectivity index (χ0v) is 30.9. The molecule has 0 aliphatic heterocycles. The second kappa shape index (κ2) is 13.0. The number of anilines is 3. The monoisotopic (exact) mass is 740 g/mol. The number of rotatable bonds is 6. The van der Waals surface area contributed by atoms with Crippen LogP contribution in [0.2, 0.25) is 0 Å². The first-order valence-corrected chi connectivity index (χ1v) is 19.7. The molecule has 0 fully saturated rings. The number of thiazole rings is 2. The standard InChI is InChI=1S/C49H30N4S2/c1-2-11-42-36(8-1)29-37-9-7-10-41(47(37)50-42)35-17-16-34-30-40(27-22-33(34)28-35)53(38-23-18-31(19-24-38)48-51-43-12-3-5-14-45(43)54-48)39-25-20-32(21-26-39)49-52-44-13-4-6-15-46(44)55-49/h1-30H/i28D,30D. The molecule has 55 heavy (non-hydrogen) atoms. The van der Waals surface area contributed by atoms with Gasteiger partial charge in [0.15, 0.2) is 0 Å². The molecule has 8 aromatic carbocycles. The quantitative estimate of drug-likeness (QED) is 0.159. The van der Waals surface area contributed by atoms with Crippen molar-refractivity contribution in [2.75, 3.05) is 4.90 Å². The minimum Gasteiger partial charge on any atom is -0.310 e. The smallest absolute Gasteiger partial charge is 0.124 e. The van der Waals surface area contributed by atoms with Gasteiger partial charge >= 0.3 is 0 Å². The fourth-order valence-corrected chi connectivity index (χ4v) is 9.27. The van der Waals surface area contributed by atoms with Gasteiger partial charge in [0.1, 0.15) is 10.0 Å². The van der Waals surface area contributed by atoms with Crippen molar-refractivity contribution in [1.82, 2.24) is 15.0 Å². The maximum Gasteiger partial charge on any atom is 0.124 e. The Kier molecular flexibility index (Phi) is 7.01. The summed E-state index contributed by atoms with van der Waals surface area (Å²) in [5, 5.41) is 5.48. The van der Waals surface area contributed by atoms with E-state index in [9.17, 15) is 2.74 Å². The number of fused-ring (bicyclic) bond motifs is 5. The molecule has 0 saturated carbocycles. The van der Waals surface area contributed by atoms with E-state index < -0.39 is 0 Å². The highest BCUT2D eigenvalue weighted by Gasteiger charge is 2.16. The van der Waals surface area contributed by atoms with Crippen LogP contribution in [-0.2, 0) is 0 Å². The van der Waals surface area contributed by atoms with Crippen molar-refractivity contribution in [3.05, 3.63) is 182 Å². The molecule has 0 amide bonds. The van der Waals surface area contributed by atoms with Gasteiger partial charge in [0.2, 0.25) is 0 Å². The average Bonchev–Trinajstić information content (AvgIpc) is 3.90. The third-order valence-corrected chi connectivity index (χ3v) is 12.2. The molecule has 0 atom stereocenters. The summed E-state index contributed by atoms with van der Waals surface area (Å²) < 4.78 is 21.5. The summed E-state index contributed by atoms with van der Waals surface area (Å²) in [5.74, 6) is 0. The van der Waals surface area contributed by atoms with Crippen LogP contribution >= 0.6 is 22.7 Å². The third-order valence-electron chi connectivity index (χ3n) is 10.1. The molecule has 0 unspecified atom stereocenters. The van der Waals surface area contributed by atoms with Crippen molar-refractivity contribution in [3.63, 3.8) is 0 Å². The van der Waals surface area contributed by atoms with E-state index in [2.05, 4.69) is 83.8 Å². The second-order valence-electron chi connectivity index (χ2n) is 13.5. The van der Waals surface area contributed by atoms with Gasteiger partial charge in [-0.2, -0.15) is 0 Å². The van der Waals surface area contributed by atoms with Gasteiger partial charge in [0.05, 0.1) is 34.2 Å². The second-order valence-corrected chi connectivity index (χ2v) is 15.6. The van der Waals surface area contributed by atoms with Crippen molar-refractivity contribution in [2.24, 2.45) is 0 Å². The molecular formula is C49H30N4S2. The summed E-state index contributed by atoms with van der Waals surface area (Å²) >= 11 is 3.36. The Morgan fingerprint density at radius 3 is 1.58 bits per heavy atom. The number of pyridine rings is 1. The first kappa shape index (κ1) is 29.7. The molecule has 0 radical (unpaired) electrons. The van der Waals surface area contributed by atoms with Crippen LogP contribution in [0.25, 0.3) is 85.3 Å². The number of hydrogen-bond acceptors (Lipinski definition) is 6. The maximum atomic E-state index is 9.69. The fourth-order valence-electron chi connectivity index (χ4n) is 7.32. The Morgan fingerprint density at radius 2 is 0.927 bits per heavy atom. The van der Waals surface area contributed by atoms with Crippen molar-refractivity contribution < 1.29 is 2.74 Å². The van der Waals surface area contributed by atoms with Crippen LogP contribution in [0, 0.1) is 0 Å². The highest BCUT2D eigenvalue weighted by atomic mass is 32.1. The molecule has 11 rings (SSSR count). The van der Waals surface area contributed by atoms with E-state index in [-0.39, 0.29) is 0 Å². The largest absolute Gasteiger partial charge is 0.310 e. The lowest BCUT2D eigenvalue weighted by atomic mass is 9.98. The van der Waals surface area contributed by atoms with Gasteiger partial charge in [0.25, 0.3) is 0 Å². The van der Waals surface area contributed by atoms with Gasteiger partial charge in [-0.15, -0.1) is 22.7 Å². The van der Waals surface area contributed by atoms with E-state index in [1.54, 1.807) is 22.7 Å². The molecule has 0 spiro atoms.